The Hall–Kier alpha value is -2.08. The van der Waals surface area contributed by atoms with Gasteiger partial charge in [0.05, 0.1) is 5.69 Å². The van der Waals surface area contributed by atoms with Gasteiger partial charge in [0.25, 0.3) is 5.56 Å². The zero-order valence-electron chi connectivity index (χ0n) is 15.7. The van der Waals surface area contributed by atoms with Crippen molar-refractivity contribution in [2.24, 2.45) is 0 Å². The topological polar surface area (TPSA) is 52.2 Å². The van der Waals surface area contributed by atoms with Crippen molar-refractivity contribution in [1.29, 1.82) is 0 Å². The molecule has 0 bridgehead atoms. The Morgan fingerprint density at radius 3 is 2.65 bits per heavy atom. The number of benzene rings is 1. The number of fused-ring (bicyclic) bond motifs is 4. The molecule has 0 aliphatic heterocycles. The van der Waals surface area contributed by atoms with E-state index in [1.54, 1.807) is 16.2 Å². The smallest absolute Gasteiger partial charge is 0.265 e. The molecule has 0 amide bonds. The van der Waals surface area contributed by atoms with E-state index in [1.165, 1.54) is 5.56 Å². The highest BCUT2D eigenvalue weighted by atomic mass is 32.2. The van der Waals surface area contributed by atoms with Crippen molar-refractivity contribution >= 4 is 17.5 Å². The highest BCUT2D eigenvalue weighted by molar-refractivity contribution is 7.99. The first-order valence-corrected chi connectivity index (χ1v) is 10.3. The third-order valence-electron chi connectivity index (χ3n) is 5.61. The summed E-state index contributed by atoms with van der Waals surface area (Å²) in [4.78, 5) is 13.6. The number of nitrogens with zero attached hydrogens (tertiary/aromatic N) is 4. The second-order valence-electron chi connectivity index (χ2n) is 7.07. The molecule has 1 aliphatic carbocycles. The summed E-state index contributed by atoms with van der Waals surface area (Å²) in [6, 6.07) is 8.45. The molecule has 2 aromatic heterocycles. The maximum atomic E-state index is 13.6. The van der Waals surface area contributed by atoms with Crippen LogP contribution in [0.15, 0.2) is 34.2 Å². The zero-order valence-corrected chi connectivity index (χ0v) is 16.6. The van der Waals surface area contributed by atoms with Crippen molar-refractivity contribution in [3.8, 4) is 11.3 Å². The van der Waals surface area contributed by atoms with Crippen molar-refractivity contribution in [3.63, 3.8) is 0 Å². The SMILES string of the molecule is CCSc1nnc2n(CC)c3c(c(=O)n12)[C@@](C)(CC)Cc1ccccc1-3. The van der Waals surface area contributed by atoms with Crippen LogP contribution in [0.25, 0.3) is 17.0 Å². The lowest BCUT2D eigenvalue weighted by molar-refractivity contribution is 0.435. The van der Waals surface area contributed by atoms with Crippen LogP contribution in [0.3, 0.4) is 0 Å². The van der Waals surface area contributed by atoms with E-state index < -0.39 is 0 Å². The van der Waals surface area contributed by atoms with E-state index in [9.17, 15) is 4.79 Å². The van der Waals surface area contributed by atoms with Crippen molar-refractivity contribution in [1.82, 2.24) is 19.2 Å². The van der Waals surface area contributed by atoms with Crippen LogP contribution in [-0.2, 0) is 18.4 Å². The van der Waals surface area contributed by atoms with Crippen LogP contribution in [-0.4, -0.2) is 24.9 Å². The molecule has 0 unspecified atom stereocenters. The summed E-state index contributed by atoms with van der Waals surface area (Å²) >= 11 is 1.56. The molecule has 2 heterocycles. The molecule has 1 aromatic carbocycles. The molecule has 3 aromatic rings. The molecule has 5 nitrogen and oxygen atoms in total. The molecular formula is C20H24N4OS. The van der Waals surface area contributed by atoms with Gasteiger partial charge in [-0.1, -0.05) is 56.8 Å². The number of hydrogen-bond acceptors (Lipinski definition) is 4. The second kappa shape index (κ2) is 6.27. The van der Waals surface area contributed by atoms with E-state index >= 15 is 0 Å². The van der Waals surface area contributed by atoms with Crippen molar-refractivity contribution in [2.45, 2.75) is 57.7 Å². The fourth-order valence-corrected chi connectivity index (χ4v) is 4.78. The standard InChI is InChI=1S/C20H24N4OS/c1-5-20(4)12-13-10-8-9-11-14(13)16-15(20)17(25)24-18(23(16)6-2)21-22-19(24)26-7-3/h8-11H,5-7,12H2,1-4H3/t20-/m0/s1. The van der Waals surface area contributed by atoms with Gasteiger partial charge < -0.3 is 4.57 Å². The maximum absolute atomic E-state index is 13.6. The Labute approximate surface area is 157 Å². The third kappa shape index (κ3) is 2.28. The van der Waals surface area contributed by atoms with Crippen LogP contribution < -0.4 is 5.56 Å². The lowest BCUT2D eigenvalue weighted by Crippen LogP contribution is -2.39. The molecule has 6 heteroatoms. The maximum Gasteiger partial charge on any atom is 0.265 e. The summed E-state index contributed by atoms with van der Waals surface area (Å²) in [5, 5.41) is 9.38. The van der Waals surface area contributed by atoms with E-state index in [1.807, 2.05) is 6.07 Å². The summed E-state index contributed by atoms with van der Waals surface area (Å²) < 4.78 is 3.88. The molecule has 1 atom stereocenters. The van der Waals surface area contributed by atoms with Crippen LogP contribution in [0.5, 0.6) is 0 Å². The number of hydrogen-bond donors (Lipinski definition) is 0. The van der Waals surface area contributed by atoms with Crippen molar-refractivity contribution < 1.29 is 0 Å². The van der Waals surface area contributed by atoms with Gasteiger partial charge in [-0.15, -0.1) is 10.2 Å². The normalized spacial score (nSPS) is 18.8. The summed E-state index contributed by atoms with van der Waals surface area (Å²) in [5.74, 6) is 1.50. The van der Waals surface area contributed by atoms with Gasteiger partial charge in [0, 0.05) is 23.1 Å². The molecule has 0 saturated heterocycles. The minimum absolute atomic E-state index is 0.0412. The van der Waals surface area contributed by atoms with Crippen molar-refractivity contribution in [2.75, 3.05) is 5.75 Å². The van der Waals surface area contributed by atoms with E-state index in [0.717, 1.165) is 42.0 Å². The monoisotopic (exact) mass is 368 g/mol. The predicted octanol–water partition coefficient (Wildman–Crippen LogP) is 3.91. The number of aromatic nitrogens is 4. The molecule has 0 N–H and O–H groups in total. The Balaban J connectivity index is 2.20. The molecular weight excluding hydrogens is 344 g/mol. The van der Waals surface area contributed by atoms with E-state index in [2.05, 4.69) is 60.7 Å². The minimum atomic E-state index is -0.190. The molecule has 1 aliphatic rings. The largest absolute Gasteiger partial charge is 0.309 e. The first-order chi connectivity index (χ1) is 12.6. The number of thioether (sulfide) groups is 1. The average Bonchev–Trinajstić information content (AvgIpc) is 3.06. The highest BCUT2D eigenvalue weighted by Gasteiger charge is 2.39. The Kier molecular flexibility index (Phi) is 4.18. The van der Waals surface area contributed by atoms with Crippen molar-refractivity contribution in [3.05, 3.63) is 45.7 Å². The Bertz CT molecular complexity index is 1050. The van der Waals surface area contributed by atoms with E-state index in [0.29, 0.717) is 10.9 Å². The second-order valence-corrected chi connectivity index (χ2v) is 8.30. The van der Waals surface area contributed by atoms with Gasteiger partial charge in [-0.3, -0.25) is 4.79 Å². The van der Waals surface area contributed by atoms with Crippen LogP contribution in [0, 0.1) is 0 Å². The van der Waals surface area contributed by atoms with Gasteiger partial charge >= 0.3 is 0 Å². The molecule has 0 fully saturated rings. The Morgan fingerprint density at radius 2 is 1.96 bits per heavy atom. The predicted molar refractivity (Wildman–Crippen MR) is 106 cm³/mol. The number of rotatable bonds is 4. The van der Waals surface area contributed by atoms with Crippen LogP contribution in [0.2, 0.25) is 0 Å². The van der Waals surface area contributed by atoms with Gasteiger partial charge in [0.2, 0.25) is 5.78 Å². The summed E-state index contributed by atoms with van der Waals surface area (Å²) in [7, 11) is 0. The fourth-order valence-electron chi connectivity index (χ4n) is 4.13. The average molecular weight is 369 g/mol. The molecule has 26 heavy (non-hydrogen) atoms. The number of aryl methyl sites for hydroxylation is 1. The summed E-state index contributed by atoms with van der Waals surface area (Å²) in [6.07, 6.45) is 1.80. The van der Waals surface area contributed by atoms with E-state index in [4.69, 9.17) is 0 Å². The molecule has 0 radical (unpaired) electrons. The summed E-state index contributed by atoms with van der Waals surface area (Å²) in [6.45, 7) is 9.30. The minimum Gasteiger partial charge on any atom is -0.309 e. The molecule has 136 valence electrons. The van der Waals surface area contributed by atoms with Gasteiger partial charge in [-0.05, 0) is 31.1 Å². The van der Waals surface area contributed by atoms with Crippen LogP contribution in [0.4, 0.5) is 0 Å². The lowest BCUT2D eigenvalue weighted by atomic mass is 9.69. The third-order valence-corrected chi connectivity index (χ3v) is 6.42. The first kappa shape index (κ1) is 17.3. The molecule has 4 rings (SSSR count). The van der Waals surface area contributed by atoms with Gasteiger partial charge in [-0.25, -0.2) is 4.40 Å². The lowest BCUT2D eigenvalue weighted by Gasteiger charge is -2.37. The van der Waals surface area contributed by atoms with Gasteiger partial charge in [0.1, 0.15) is 0 Å². The van der Waals surface area contributed by atoms with Gasteiger partial charge in [0.15, 0.2) is 5.16 Å². The van der Waals surface area contributed by atoms with E-state index in [-0.39, 0.29) is 11.0 Å². The quantitative estimate of drug-likeness (QED) is 0.655. The zero-order chi connectivity index (χ0) is 18.5. The first-order valence-electron chi connectivity index (χ1n) is 9.29. The Morgan fingerprint density at radius 1 is 1.19 bits per heavy atom. The van der Waals surface area contributed by atoms with Gasteiger partial charge in [-0.2, -0.15) is 0 Å². The highest BCUT2D eigenvalue weighted by Crippen LogP contribution is 2.43. The molecule has 0 saturated carbocycles. The van der Waals surface area contributed by atoms with Crippen LogP contribution in [0.1, 0.15) is 45.2 Å². The summed E-state index contributed by atoms with van der Waals surface area (Å²) in [5.41, 5.74) is 4.24. The van der Waals surface area contributed by atoms with Crippen LogP contribution >= 0.6 is 11.8 Å². The molecule has 0 spiro atoms. The fraction of sp³-hybridized carbons (Fsp3) is 0.450.